The first-order valence-electron chi connectivity index (χ1n) is 9.63. The van der Waals surface area contributed by atoms with Gasteiger partial charge in [-0.2, -0.15) is 13.2 Å². The van der Waals surface area contributed by atoms with Crippen LogP contribution in [-0.2, 0) is 22.8 Å². The Balaban J connectivity index is 2.10. The molecule has 0 aliphatic carbocycles. The second-order valence-corrected chi connectivity index (χ2v) is 7.55. The average Bonchev–Trinajstić information content (AvgIpc) is 3.11. The number of nitrogens with zero attached hydrogens (tertiary/aromatic N) is 3. The third-order valence-corrected chi connectivity index (χ3v) is 5.04. The summed E-state index contributed by atoms with van der Waals surface area (Å²) in [6.45, 7) is 2.90. The fourth-order valence-electron chi connectivity index (χ4n) is 2.98. The van der Waals surface area contributed by atoms with Gasteiger partial charge in [-0.3, -0.25) is 14.5 Å². The van der Waals surface area contributed by atoms with E-state index in [1.54, 1.807) is 0 Å². The predicted octanol–water partition coefficient (Wildman–Crippen LogP) is 3.11. The van der Waals surface area contributed by atoms with Crippen LogP contribution in [0.5, 0.6) is 17.4 Å². The molecule has 0 aliphatic rings. The number of aromatic amines is 1. The fourth-order valence-corrected chi connectivity index (χ4v) is 3.16. The molecule has 15 heteroatoms. The summed E-state index contributed by atoms with van der Waals surface area (Å²) < 4.78 is 70.1. The number of hydrogen-bond acceptors (Lipinski definition) is 7. The number of benzene rings is 1. The maximum absolute atomic E-state index is 14.7. The van der Waals surface area contributed by atoms with E-state index in [1.165, 1.54) is 13.8 Å². The number of carbonyl (C=O) groups excluding carboxylic acids is 1. The summed E-state index contributed by atoms with van der Waals surface area (Å²) in [5.74, 6) is -2.45. The van der Waals surface area contributed by atoms with Gasteiger partial charge in [0.2, 0.25) is 5.75 Å². The highest BCUT2D eigenvalue weighted by Crippen LogP contribution is 2.38. The summed E-state index contributed by atoms with van der Waals surface area (Å²) in [7, 11) is 1.94. The second kappa shape index (κ2) is 9.44. The number of hydrogen-bond donors (Lipinski definition) is 1. The lowest BCUT2D eigenvalue weighted by Gasteiger charge is -2.16. The standard InChI is InChI=1S/C20H17ClF4N4O6/c1-8-16(17(27-26-8)34-9(2)18(31)33-4)35-13-6-12(11(22)5-10(13)21)29-15(30)7-14(20(23,24)25)28(3)19(29)32/h5-7,9H,1-4H3,(H,26,27)/t9-/m1/s1. The molecule has 2 heterocycles. The van der Waals surface area contributed by atoms with E-state index in [0.717, 1.165) is 20.2 Å². The third kappa shape index (κ3) is 5.01. The number of aryl methyl sites for hydroxylation is 1. The molecular formula is C20H17ClF4N4O6. The molecule has 0 radical (unpaired) electrons. The number of rotatable bonds is 6. The zero-order valence-corrected chi connectivity index (χ0v) is 19.2. The largest absolute Gasteiger partial charge is 0.466 e. The van der Waals surface area contributed by atoms with E-state index in [0.29, 0.717) is 11.8 Å². The van der Waals surface area contributed by atoms with Crippen LogP contribution < -0.4 is 20.7 Å². The first-order valence-corrected chi connectivity index (χ1v) is 10.0. The normalized spacial score (nSPS) is 12.4. The van der Waals surface area contributed by atoms with Crippen LogP contribution in [0.4, 0.5) is 17.6 Å². The maximum Gasteiger partial charge on any atom is 0.431 e. The van der Waals surface area contributed by atoms with Gasteiger partial charge in [0, 0.05) is 19.2 Å². The Morgan fingerprint density at radius 1 is 1.23 bits per heavy atom. The van der Waals surface area contributed by atoms with Crippen LogP contribution in [0.15, 0.2) is 27.8 Å². The Morgan fingerprint density at radius 2 is 1.89 bits per heavy atom. The molecule has 35 heavy (non-hydrogen) atoms. The molecule has 0 bridgehead atoms. The van der Waals surface area contributed by atoms with Crippen LogP contribution in [-0.4, -0.2) is 38.5 Å². The van der Waals surface area contributed by atoms with Gasteiger partial charge >= 0.3 is 17.8 Å². The summed E-state index contributed by atoms with van der Waals surface area (Å²) in [6, 6.07) is 1.73. The topological polar surface area (TPSA) is 117 Å². The minimum atomic E-state index is -4.99. The molecule has 1 atom stereocenters. The van der Waals surface area contributed by atoms with Crippen molar-refractivity contribution in [1.82, 2.24) is 19.3 Å². The van der Waals surface area contributed by atoms with Crippen LogP contribution in [0.3, 0.4) is 0 Å². The lowest BCUT2D eigenvalue weighted by Crippen LogP contribution is -2.41. The molecule has 0 saturated carbocycles. The van der Waals surface area contributed by atoms with Crippen LogP contribution in [0.2, 0.25) is 5.02 Å². The first-order chi connectivity index (χ1) is 16.3. The predicted molar refractivity (Wildman–Crippen MR) is 113 cm³/mol. The molecule has 0 amide bonds. The summed E-state index contributed by atoms with van der Waals surface area (Å²) in [5.41, 5.74) is -4.81. The zero-order chi connectivity index (χ0) is 26.2. The Labute approximate surface area is 198 Å². The molecule has 1 N–H and O–H groups in total. The number of carbonyl (C=O) groups is 1. The summed E-state index contributed by atoms with van der Waals surface area (Å²) >= 11 is 6.06. The van der Waals surface area contributed by atoms with Crippen molar-refractivity contribution in [2.45, 2.75) is 26.1 Å². The minimum Gasteiger partial charge on any atom is -0.466 e. The average molecular weight is 521 g/mol. The number of alkyl halides is 3. The van der Waals surface area contributed by atoms with E-state index in [2.05, 4.69) is 14.9 Å². The smallest absolute Gasteiger partial charge is 0.431 e. The zero-order valence-electron chi connectivity index (χ0n) is 18.5. The van der Waals surface area contributed by atoms with E-state index in [4.69, 9.17) is 21.1 Å². The molecule has 1 aromatic carbocycles. The van der Waals surface area contributed by atoms with Gasteiger partial charge in [-0.1, -0.05) is 11.6 Å². The molecule has 3 rings (SSSR count). The number of nitrogens with one attached hydrogen (secondary N) is 1. The second-order valence-electron chi connectivity index (χ2n) is 7.14. The van der Waals surface area contributed by atoms with E-state index in [1.807, 2.05) is 0 Å². The van der Waals surface area contributed by atoms with Crippen molar-refractivity contribution >= 4 is 17.6 Å². The lowest BCUT2D eigenvalue weighted by molar-refractivity contribution is -0.148. The minimum absolute atomic E-state index is 0.0760. The highest BCUT2D eigenvalue weighted by atomic mass is 35.5. The molecular weight excluding hydrogens is 504 g/mol. The van der Waals surface area contributed by atoms with Gasteiger partial charge in [0.05, 0.1) is 23.5 Å². The first kappa shape index (κ1) is 25.8. The van der Waals surface area contributed by atoms with Crippen LogP contribution in [0.25, 0.3) is 5.69 Å². The van der Waals surface area contributed by atoms with Gasteiger partial charge in [-0.25, -0.2) is 18.5 Å². The Kier molecular flexibility index (Phi) is 6.96. The molecule has 0 aliphatic heterocycles. The Hall–Kier alpha value is -3.81. The number of esters is 1. The van der Waals surface area contributed by atoms with Gasteiger partial charge in [0.15, 0.2) is 6.10 Å². The van der Waals surface area contributed by atoms with E-state index >= 15 is 0 Å². The summed E-state index contributed by atoms with van der Waals surface area (Å²) in [5, 5.41) is 6.11. The number of ether oxygens (including phenoxy) is 3. The van der Waals surface area contributed by atoms with Crippen molar-refractivity contribution in [3.8, 4) is 23.1 Å². The van der Waals surface area contributed by atoms with Crippen molar-refractivity contribution in [2.75, 3.05) is 7.11 Å². The Bertz CT molecular complexity index is 1410. The highest BCUT2D eigenvalue weighted by molar-refractivity contribution is 6.32. The number of aromatic nitrogens is 4. The van der Waals surface area contributed by atoms with E-state index < -0.39 is 46.7 Å². The molecule has 2 aromatic heterocycles. The number of methoxy groups -OCH3 is 1. The third-order valence-electron chi connectivity index (χ3n) is 4.75. The molecule has 3 aromatic rings. The van der Waals surface area contributed by atoms with E-state index in [-0.39, 0.29) is 37.6 Å². The molecule has 0 fully saturated rings. The molecule has 0 saturated heterocycles. The van der Waals surface area contributed by atoms with Gasteiger partial charge in [-0.05, 0) is 19.9 Å². The summed E-state index contributed by atoms with van der Waals surface area (Å²) in [4.78, 5) is 36.6. The van der Waals surface area contributed by atoms with Gasteiger partial charge in [0.25, 0.3) is 11.4 Å². The van der Waals surface area contributed by atoms with Gasteiger partial charge < -0.3 is 14.2 Å². The molecule has 10 nitrogen and oxygen atoms in total. The van der Waals surface area contributed by atoms with Crippen LogP contribution in [0, 0.1) is 12.7 Å². The van der Waals surface area contributed by atoms with Crippen molar-refractivity contribution in [3.05, 3.63) is 61.3 Å². The van der Waals surface area contributed by atoms with E-state index in [9.17, 15) is 31.9 Å². The van der Waals surface area contributed by atoms with Crippen molar-refractivity contribution in [2.24, 2.45) is 7.05 Å². The van der Waals surface area contributed by atoms with Crippen molar-refractivity contribution in [1.29, 1.82) is 0 Å². The Morgan fingerprint density at radius 3 is 2.49 bits per heavy atom. The quantitative estimate of drug-likeness (QED) is 0.392. The monoisotopic (exact) mass is 520 g/mol. The van der Waals surface area contributed by atoms with Crippen LogP contribution >= 0.6 is 11.6 Å². The van der Waals surface area contributed by atoms with Crippen LogP contribution in [0.1, 0.15) is 18.3 Å². The summed E-state index contributed by atoms with van der Waals surface area (Å²) in [6.07, 6.45) is -6.08. The van der Waals surface area contributed by atoms with Gasteiger partial charge in [0.1, 0.15) is 17.3 Å². The van der Waals surface area contributed by atoms with Crippen molar-refractivity contribution in [3.63, 3.8) is 0 Å². The fraction of sp³-hybridized carbons (Fsp3) is 0.300. The maximum atomic E-state index is 14.7. The number of halogens is 5. The molecule has 188 valence electrons. The highest BCUT2D eigenvalue weighted by Gasteiger charge is 2.35. The van der Waals surface area contributed by atoms with Gasteiger partial charge in [-0.15, -0.1) is 5.10 Å². The van der Waals surface area contributed by atoms with Crippen molar-refractivity contribution < 1.29 is 36.6 Å². The molecule has 0 spiro atoms. The number of H-pyrrole nitrogens is 1. The SMILES string of the molecule is COC(=O)[C@@H](C)Oc1n[nH]c(C)c1Oc1cc(-n2c(=O)cc(C(F)(F)F)n(C)c2=O)c(F)cc1Cl. The lowest BCUT2D eigenvalue weighted by atomic mass is 10.2. The molecule has 0 unspecified atom stereocenters.